The van der Waals surface area contributed by atoms with E-state index in [9.17, 15) is 9.18 Å². The first-order chi connectivity index (χ1) is 8.69. The summed E-state index contributed by atoms with van der Waals surface area (Å²) in [5, 5.41) is 11.1. The van der Waals surface area contributed by atoms with Crippen LogP contribution in [-0.2, 0) is 0 Å². The average molecular weight is 242 g/mol. The van der Waals surface area contributed by atoms with E-state index in [4.69, 9.17) is 5.26 Å². The predicted molar refractivity (Wildman–Crippen MR) is 61.1 cm³/mol. The van der Waals surface area contributed by atoms with E-state index in [0.717, 1.165) is 6.07 Å². The Morgan fingerprint density at radius 3 is 2.78 bits per heavy atom. The van der Waals surface area contributed by atoms with Gasteiger partial charge in [0.1, 0.15) is 11.9 Å². The van der Waals surface area contributed by atoms with Crippen molar-refractivity contribution in [3.63, 3.8) is 0 Å². The van der Waals surface area contributed by atoms with Crippen LogP contribution in [0.3, 0.4) is 0 Å². The molecule has 2 rings (SSSR count). The summed E-state index contributed by atoms with van der Waals surface area (Å²) in [5.41, 5.74) is 0.539. The Bertz CT molecular complexity index is 619. The van der Waals surface area contributed by atoms with E-state index in [-0.39, 0.29) is 11.4 Å². The van der Waals surface area contributed by atoms with Gasteiger partial charge in [-0.3, -0.25) is 4.79 Å². The molecule has 1 N–H and O–H groups in total. The highest BCUT2D eigenvalue weighted by Gasteiger charge is 2.07. The van der Waals surface area contributed by atoms with Crippen molar-refractivity contribution < 1.29 is 9.18 Å². The fourth-order valence-corrected chi connectivity index (χ4v) is 1.27. The quantitative estimate of drug-likeness (QED) is 0.813. The van der Waals surface area contributed by atoms with Crippen LogP contribution in [0.5, 0.6) is 0 Å². The molecule has 0 radical (unpaired) electrons. The summed E-state index contributed by atoms with van der Waals surface area (Å²) in [7, 11) is 0. The number of carbonyl (C=O) groups is 1. The van der Waals surface area contributed by atoms with Gasteiger partial charge in [-0.2, -0.15) is 9.65 Å². The summed E-state index contributed by atoms with van der Waals surface area (Å²) >= 11 is 0. The molecule has 2 aromatic heterocycles. The lowest BCUT2D eigenvalue weighted by Crippen LogP contribution is -2.13. The number of halogens is 1. The van der Waals surface area contributed by atoms with Gasteiger partial charge in [0.15, 0.2) is 0 Å². The highest BCUT2D eigenvalue weighted by atomic mass is 19.1. The molecule has 0 atom stereocenters. The van der Waals surface area contributed by atoms with Gasteiger partial charge in [-0.15, -0.1) is 0 Å². The summed E-state index contributed by atoms with van der Waals surface area (Å²) < 4.78 is 12.8. The number of nitriles is 1. The van der Waals surface area contributed by atoms with E-state index in [2.05, 4.69) is 15.3 Å². The van der Waals surface area contributed by atoms with Gasteiger partial charge in [0.2, 0.25) is 5.95 Å². The molecule has 0 aromatic carbocycles. The number of amides is 1. The summed E-state index contributed by atoms with van der Waals surface area (Å²) in [6.45, 7) is 0. The van der Waals surface area contributed by atoms with Crippen LogP contribution >= 0.6 is 0 Å². The zero-order chi connectivity index (χ0) is 13.0. The molecule has 2 aromatic rings. The van der Waals surface area contributed by atoms with Crippen molar-refractivity contribution in [2.24, 2.45) is 0 Å². The van der Waals surface area contributed by atoms with Gasteiger partial charge in [-0.1, -0.05) is 0 Å². The highest BCUT2D eigenvalue weighted by Crippen LogP contribution is 2.07. The molecule has 6 heteroatoms. The first-order valence-corrected chi connectivity index (χ1v) is 4.98. The van der Waals surface area contributed by atoms with E-state index < -0.39 is 11.9 Å². The molecule has 0 aliphatic heterocycles. The van der Waals surface area contributed by atoms with Crippen LogP contribution < -0.4 is 5.32 Å². The molecule has 0 fully saturated rings. The van der Waals surface area contributed by atoms with Gasteiger partial charge in [-0.25, -0.2) is 9.97 Å². The second kappa shape index (κ2) is 5.01. The maximum Gasteiger partial charge on any atom is 0.257 e. The second-order valence-corrected chi connectivity index (χ2v) is 3.37. The van der Waals surface area contributed by atoms with Crippen molar-refractivity contribution in [3.8, 4) is 6.07 Å². The van der Waals surface area contributed by atoms with Crippen molar-refractivity contribution in [3.05, 3.63) is 53.7 Å². The molecule has 88 valence electrons. The Kier molecular flexibility index (Phi) is 3.25. The van der Waals surface area contributed by atoms with Crippen molar-refractivity contribution in [1.29, 1.82) is 5.26 Å². The molecule has 18 heavy (non-hydrogen) atoms. The highest BCUT2D eigenvalue weighted by molar-refractivity contribution is 6.03. The van der Waals surface area contributed by atoms with Crippen molar-refractivity contribution in [2.75, 3.05) is 5.32 Å². The Morgan fingerprint density at radius 2 is 2.17 bits per heavy atom. The Labute approximate surface area is 102 Å². The average Bonchev–Trinajstić information content (AvgIpc) is 2.39. The lowest BCUT2D eigenvalue weighted by Gasteiger charge is -2.03. The molecule has 0 saturated heterocycles. The fourth-order valence-electron chi connectivity index (χ4n) is 1.27. The minimum absolute atomic E-state index is 0.147. The molecule has 2 heterocycles. The standard InChI is InChI=1S/C12H7FN4O/c13-10-5-9(3-4-15-10)12(18)17-11-2-1-8(6-14)7-16-11/h1-5,7H,(H,16,17,18). The van der Waals surface area contributed by atoms with Gasteiger partial charge < -0.3 is 5.32 Å². The van der Waals surface area contributed by atoms with E-state index in [0.29, 0.717) is 5.56 Å². The van der Waals surface area contributed by atoms with Crippen LogP contribution in [0.15, 0.2) is 36.7 Å². The van der Waals surface area contributed by atoms with Crippen molar-refractivity contribution in [1.82, 2.24) is 9.97 Å². The first kappa shape index (κ1) is 11.7. The van der Waals surface area contributed by atoms with Gasteiger partial charge in [0.05, 0.1) is 5.56 Å². The Morgan fingerprint density at radius 1 is 1.33 bits per heavy atom. The molecule has 0 aliphatic rings. The molecule has 0 spiro atoms. The first-order valence-electron chi connectivity index (χ1n) is 4.98. The SMILES string of the molecule is N#Cc1ccc(NC(=O)c2ccnc(F)c2)nc1. The minimum Gasteiger partial charge on any atom is -0.307 e. The monoisotopic (exact) mass is 242 g/mol. The number of anilines is 1. The van der Waals surface area contributed by atoms with E-state index in [1.165, 1.54) is 30.6 Å². The number of hydrogen-bond donors (Lipinski definition) is 1. The lowest BCUT2D eigenvalue weighted by atomic mass is 10.2. The summed E-state index contributed by atoms with van der Waals surface area (Å²) in [6.07, 6.45) is 2.54. The summed E-state index contributed by atoms with van der Waals surface area (Å²) in [4.78, 5) is 18.9. The second-order valence-electron chi connectivity index (χ2n) is 3.37. The van der Waals surface area contributed by atoms with Gasteiger partial charge >= 0.3 is 0 Å². The molecule has 0 unspecified atom stereocenters. The van der Waals surface area contributed by atoms with Crippen LogP contribution in [-0.4, -0.2) is 15.9 Å². The lowest BCUT2D eigenvalue weighted by molar-refractivity contribution is 0.102. The minimum atomic E-state index is -0.726. The fraction of sp³-hybridized carbons (Fsp3) is 0. The number of aromatic nitrogens is 2. The zero-order valence-corrected chi connectivity index (χ0v) is 9.09. The third-order valence-corrected chi connectivity index (χ3v) is 2.12. The zero-order valence-electron chi connectivity index (χ0n) is 9.09. The Hall–Kier alpha value is -2.81. The number of nitrogens with zero attached hydrogens (tertiary/aromatic N) is 3. The van der Waals surface area contributed by atoms with E-state index in [1.54, 1.807) is 0 Å². The van der Waals surface area contributed by atoms with Crippen LogP contribution in [0, 0.1) is 17.3 Å². The largest absolute Gasteiger partial charge is 0.307 e. The molecular weight excluding hydrogens is 235 g/mol. The number of rotatable bonds is 2. The molecule has 0 aliphatic carbocycles. The van der Waals surface area contributed by atoms with Gasteiger partial charge in [-0.05, 0) is 18.2 Å². The predicted octanol–water partition coefficient (Wildman–Crippen LogP) is 1.74. The van der Waals surface area contributed by atoms with Crippen LogP contribution in [0.4, 0.5) is 10.2 Å². The molecule has 0 bridgehead atoms. The van der Waals surface area contributed by atoms with Gasteiger partial charge in [0.25, 0.3) is 5.91 Å². The summed E-state index contributed by atoms with van der Waals surface area (Å²) in [5.74, 6) is -0.930. The normalized spacial score (nSPS) is 9.56. The topological polar surface area (TPSA) is 78.7 Å². The molecular formula is C12H7FN4O. The maximum atomic E-state index is 12.8. The van der Waals surface area contributed by atoms with Crippen LogP contribution in [0.1, 0.15) is 15.9 Å². The van der Waals surface area contributed by atoms with Crippen molar-refractivity contribution >= 4 is 11.7 Å². The molecule has 1 amide bonds. The van der Waals surface area contributed by atoms with Gasteiger partial charge in [0, 0.05) is 24.0 Å². The smallest absolute Gasteiger partial charge is 0.257 e. The molecule has 0 saturated carbocycles. The molecule has 5 nitrogen and oxygen atoms in total. The number of pyridine rings is 2. The van der Waals surface area contributed by atoms with Crippen LogP contribution in [0.25, 0.3) is 0 Å². The maximum absolute atomic E-state index is 12.8. The van der Waals surface area contributed by atoms with E-state index in [1.807, 2.05) is 6.07 Å². The third kappa shape index (κ3) is 2.65. The van der Waals surface area contributed by atoms with E-state index >= 15 is 0 Å². The van der Waals surface area contributed by atoms with Crippen molar-refractivity contribution in [2.45, 2.75) is 0 Å². The number of nitrogens with one attached hydrogen (secondary N) is 1. The third-order valence-electron chi connectivity index (χ3n) is 2.12. The van der Waals surface area contributed by atoms with Crippen LogP contribution in [0.2, 0.25) is 0 Å². The number of carbonyl (C=O) groups excluding carboxylic acids is 1. The number of hydrogen-bond acceptors (Lipinski definition) is 4. The Balaban J connectivity index is 2.14. The summed E-state index contributed by atoms with van der Waals surface area (Å²) in [6, 6.07) is 7.35.